The molecule has 0 saturated carbocycles. The lowest BCUT2D eigenvalue weighted by Crippen LogP contribution is -2.36. The zero-order valence-electron chi connectivity index (χ0n) is 38.2. The monoisotopic (exact) mass is 908 g/mol. The molecule has 14 rings (SSSR count). The SMILES string of the molecule is c1ccc(-c2cccc(-c3ccccc3N(c3ccc(-c4cccc5sc6ccccc6c45)cc3)c3ccc4c(c3)C3(c5ccccc5-4)c4ccccc4N(c4ccccc4)c4ccccc43)c2)cc1. The summed E-state index contributed by atoms with van der Waals surface area (Å²) in [5.74, 6) is 0. The molecule has 0 N–H and O–H groups in total. The van der Waals surface area contributed by atoms with E-state index in [1.54, 1.807) is 0 Å². The van der Waals surface area contributed by atoms with E-state index in [1.807, 2.05) is 11.3 Å². The maximum Gasteiger partial charge on any atom is 0.0755 e. The zero-order valence-corrected chi connectivity index (χ0v) is 39.0. The van der Waals surface area contributed by atoms with E-state index in [1.165, 1.54) is 87.2 Å². The predicted octanol–water partition coefficient (Wildman–Crippen LogP) is 18.7. The number of hydrogen-bond acceptors (Lipinski definition) is 3. The molecule has 2 heterocycles. The fraction of sp³-hybridized carbons (Fsp3) is 0.0149. The molecule has 0 amide bonds. The van der Waals surface area contributed by atoms with E-state index in [-0.39, 0.29) is 0 Å². The third-order valence-electron chi connectivity index (χ3n) is 14.7. The summed E-state index contributed by atoms with van der Waals surface area (Å²) in [5.41, 5.74) is 21.0. The van der Waals surface area contributed by atoms with Crippen LogP contribution in [-0.2, 0) is 5.41 Å². The Hall–Kier alpha value is -8.76. The number of para-hydroxylation sites is 4. The Morgan fingerprint density at radius 3 is 1.67 bits per heavy atom. The Morgan fingerprint density at radius 2 is 0.886 bits per heavy atom. The van der Waals surface area contributed by atoms with Crippen LogP contribution in [0.1, 0.15) is 22.3 Å². The quantitative estimate of drug-likeness (QED) is 0.157. The average Bonchev–Trinajstić information content (AvgIpc) is 3.96. The molecule has 0 fully saturated rings. The van der Waals surface area contributed by atoms with Crippen molar-refractivity contribution in [3.05, 3.63) is 289 Å². The Kier molecular flexibility index (Phi) is 9.33. The Labute approximate surface area is 412 Å². The van der Waals surface area contributed by atoms with E-state index in [2.05, 4.69) is 277 Å². The van der Waals surface area contributed by atoms with E-state index in [4.69, 9.17) is 0 Å². The van der Waals surface area contributed by atoms with E-state index in [0.717, 1.165) is 33.9 Å². The minimum atomic E-state index is -0.596. The van der Waals surface area contributed by atoms with Gasteiger partial charge in [0.1, 0.15) is 0 Å². The molecule has 12 aromatic rings. The molecule has 2 aliphatic rings. The fourth-order valence-electron chi connectivity index (χ4n) is 11.7. The summed E-state index contributed by atoms with van der Waals surface area (Å²) in [6.45, 7) is 0. The predicted molar refractivity (Wildman–Crippen MR) is 296 cm³/mol. The van der Waals surface area contributed by atoms with Gasteiger partial charge in [-0.1, -0.05) is 194 Å². The molecule has 70 heavy (non-hydrogen) atoms. The van der Waals surface area contributed by atoms with Gasteiger partial charge in [-0.3, -0.25) is 0 Å². The highest BCUT2D eigenvalue weighted by atomic mass is 32.1. The van der Waals surface area contributed by atoms with Gasteiger partial charge in [-0.25, -0.2) is 0 Å². The third-order valence-corrected chi connectivity index (χ3v) is 15.8. The maximum atomic E-state index is 2.50. The molecule has 3 heteroatoms. The largest absolute Gasteiger partial charge is 0.310 e. The van der Waals surface area contributed by atoms with Crippen LogP contribution in [0.2, 0.25) is 0 Å². The maximum absolute atomic E-state index is 2.50. The van der Waals surface area contributed by atoms with Gasteiger partial charge in [0.05, 0.1) is 22.5 Å². The molecule has 1 aliphatic heterocycles. The average molecular weight is 909 g/mol. The second-order valence-electron chi connectivity index (χ2n) is 18.4. The number of nitrogens with zero attached hydrogens (tertiary/aromatic N) is 2. The van der Waals surface area contributed by atoms with Gasteiger partial charge in [0.15, 0.2) is 0 Å². The highest BCUT2D eigenvalue weighted by Crippen LogP contribution is 2.64. The third kappa shape index (κ3) is 6.12. The molecule has 0 saturated heterocycles. The second-order valence-corrected chi connectivity index (χ2v) is 19.4. The highest BCUT2D eigenvalue weighted by molar-refractivity contribution is 7.25. The van der Waals surface area contributed by atoms with Gasteiger partial charge in [-0.05, 0) is 134 Å². The van der Waals surface area contributed by atoms with Crippen molar-refractivity contribution in [1.82, 2.24) is 0 Å². The number of benzene rings is 11. The standard InChI is InChI=1S/C67H44N2S/c1-3-19-45(20-4-1)47-21-17-22-48(43-47)52-25-8-13-32-61(52)68(50-39-37-46(38-40-50)53-28-18-36-65-66(53)56-27-9-16-35-64(56)70-65)51-41-42-55-54-26-7-10-29-57(54)67(60(55)44-51)58-30-11-14-33-62(58)69(49-23-5-2-6-24-49)63-34-15-12-31-59(63)67/h1-44H. The molecule has 1 aliphatic carbocycles. The molecule has 0 unspecified atom stereocenters. The zero-order chi connectivity index (χ0) is 46.2. The van der Waals surface area contributed by atoms with Crippen LogP contribution in [0.5, 0.6) is 0 Å². The number of thiophene rings is 1. The Bertz CT molecular complexity index is 3920. The van der Waals surface area contributed by atoms with E-state index < -0.39 is 5.41 Å². The molecule has 0 atom stereocenters. The van der Waals surface area contributed by atoms with Crippen molar-refractivity contribution in [2.45, 2.75) is 5.41 Å². The van der Waals surface area contributed by atoms with Crippen molar-refractivity contribution in [2.75, 3.05) is 9.80 Å². The lowest BCUT2D eigenvalue weighted by atomic mass is 9.64. The van der Waals surface area contributed by atoms with Crippen molar-refractivity contribution < 1.29 is 0 Å². The van der Waals surface area contributed by atoms with Crippen LogP contribution in [0.3, 0.4) is 0 Å². The van der Waals surface area contributed by atoms with Crippen LogP contribution in [0, 0.1) is 0 Å². The van der Waals surface area contributed by atoms with Crippen molar-refractivity contribution in [3.63, 3.8) is 0 Å². The second kappa shape index (κ2) is 16.2. The molecule has 0 bridgehead atoms. The van der Waals surface area contributed by atoms with Gasteiger partial charge >= 0.3 is 0 Å². The summed E-state index contributed by atoms with van der Waals surface area (Å²) in [6.07, 6.45) is 0. The van der Waals surface area contributed by atoms with Crippen molar-refractivity contribution >= 4 is 65.6 Å². The van der Waals surface area contributed by atoms with Crippen LogP contribution in [0.15, 0.2) is 267 Å². The molecule has 328 valence electrons. The van der Waals surface area contributed by atoms with E-state index >= 15 is 0 Å². The summed E-state index contributed by atoms with van der Waals surface area (Å²) < 4.78 is 2.62. The van der Waals surface area contributed by atoms with Gasteiger partial charge in [0, 0.05) is 42.8 Å². The van der Waals surface area contributed by atoms with Crippen LogP contribution in [0.25, 0.3) is 64.7 Å². The normalized spacial score (nSPS) is 12.9. The summed E-state index contributed by atoms with van der Waals surface area (Å²) in [5, 5.41) is 2.62. The minimum absolute atomic E-state index is 0.596. The first-order valence-electron chi connectivity index (χ1n) is 24.1. The van der Waals surface area contributed by atoms with E-state index in [0.29, 0.717) is 0 Å². The van der Waals surface area contributed by atoms with Crippen LogP contribution < -0.4 is 9.80 Å². The molecule has 1 aromatic heterocycles. The first-order chi connectivity index (χ1) is 34.7. The summed E-state index contributed by atoms with van der Waals surface area (Å²) in [7, 11) is 0. The van der Waals surface area contributed by atoms with Crippen LogP contribution in [-0.4, -0.2) is 0 Å². The molecule has 2 nitrogen and oxygen atoms in total. The molecule has 1 spiro atoms. The van der Waals surface area contributed by atoms with Gasteiger partial charge in [0.25, 0.3) is 0 Å². The van der Waals surface area contributed by atoms with Crippen molar-refractivity contribution in [3.8, 4) is 44.5 Å². The number of anilines is 6. The Morgan fingerprint density at radius 1 is 0.329 bits per heavy atom. The summed E-state index contributed by atoms with van der Waals surface area (Å²) >= 11 is 1.87. The first-order valence-corrected chi connectivity index (χ1v) is 24.9. The summed E-state index contributed by atoms with van der Waals surface area (Å²) in [4.78, 5) is 4.94. The number of rotatable bonds is 7. The molecule has 11 aromatic carbocycles. The van der Waals surface area contributed by atoms with Crippen LogP contribution in [0.4, 0.5) is 34.1 Å². The highest BCUT2D eigenvalue weighted by Gasteiger charge is 2.51. The molecule has 0 radical (unpaired) electrons. The van der Waals surface area contributed by atoms with Gasteiger partial charge in [0.2, 0.25) is 0 Å². The van der Waals surface area contributed by atoms with Crippen LogP contribution >= 0.6 is 11.3 Å². The number of fused-ring (bicyclic) bond motifs is 12. The molecular formula is C67H44N2S. The number of hydrogen-bond donors (Lipinski definition) is 0. The lowest BCUT2D eigenvalue weighted by Gasteiger charge is -2.45. The topological polar surface area (TPSA) is 6.48 Å². The minimum Gasteiger partial charge on any atom is -0.310 e. The van der Waals surface area contributed by atoms with Crippen molar-refractivity contribution in [1.29, 1.82) is 0 Å². The fourth-order valence-corrected chi connectivity index (χ4v) is 12.9. The first kappa shape index (κ1) is 40.3. The lowest BCUT2D eigenvalue weighted by molar-refractivity contribution is 0.752. The summed E-state index contributed by atoms with van der Waals surface area (Å²) in [6, 6.07) is 98.7. The van der Waals surface area contributed by atoms with Crippen molar-refractivity contribution in [2.24, 2.45) is 0 Å². The van der Waals surface area contributed by atoms with Gasteiger partial charge in [-0.15, -0.1) is 11.3 Å². The van der Waals surface area contributed by atoms with E-state index in [9.17, 15) is 0 Å². The van der Waals surface area contributed by atoms with Gasteiger partial charge < -0.3 is 9.80 Å². The van der Waals surface area contributed by atoms with Gasteiger partial charge in [-0.2, -0.15) is 0 Å². The molecular weight excluding hydrogens is 865 g/mol. The smallest absolute Gasteiger partial charge is 0.0755 e. The Balaban J connectivity index is 1.00.